The van der Waals surface area contributed by atoms with Crippen LogP contribution in [0.1, 0.15) is 35.4 Å². The fourth-order valence-electron chi connectivity index (χ4n) is 4.23. The molecule has 0 radical (unpaired) electrons. The summed E-state index contributed by atoms with van der Waals surface area (Å²) in [7, 11) is 0. The highest BCUT2D eigenvalue weighted by Crippen LogP contribution is 2.23. The molecule has 31 heavy (non-hydrogen) atoms. The molecule has 3 heterocycles. The molecule has 0 saturated carbocycles. The van der Waals surface area contributed by atoms with Gasteiger partial charge >= 0.3 is 0 Å². The minimum absolute atomic E-state index is 0.0703. The van der Waals surface area contributed by atoms with Crippen LogP contribution in [0.3, 0.4) is 0 Å². The first-order chi connectivity index (χ1) is 15.0. The van der Waals surface area contributed by atoms with Crippen LogP contribution in [-0.4, -0.2) is 65.1 Å². The number of hydrogen-bond donors (Lipinski definition) is 0. The van der Waals surface area contributed by atoms with Crippen molar-refractivity contribution in [2.75, 3.05) is 32.7 Å². The second-order valence-electron chi connectivity index (χ2n) is 8.08. The SMILES string of the molecule is O=C1CCC(C(=O)N2CCCN(C(=O)c3ccco3)CC2)CN1Cc1ccc(Cl)cc1. The summed E-state index contributed by atoms with van der Waals surface area (Å²) in [5.41, 5.74) is 0.993. The molecule has 164 valence electrons. The van der Waals surface area contributed by atoms with E-state index in [4.69, 9.17) is 16.0 Å². The van der Waals surface area contributed by atoms with Crippen molar-refractivity contribution in [1.82, 2.24) is 14.7 Å². The first-order valence-corrected chi connectivity index (χ1v) is 11.0. The van der Waals surface area contributed by atoms with Gasteiger partial charge in [0, 0.05) is 50.7 Å². The Labute approximate surface area is 186 Å². The predicted octanol–water partition coefficient (Wildman–Crippen LogP) is 3.05. The number of benzene rings is 1. The molecule has 8 heteroatoms. The molecule has 1 aromatic heterocycles. The van der Waals surface area contributed by atoms with Gasteiger partial charge in [-0.25, -0.2) is 0 Å². The van der Waals surface area contributed by atoms with Gasteiger partial charge in [0.05, 0.1) is 12.2 Å². The molecule has 2 aromatic rings. The minimum Gasteiger partial charge on any atom is -0.459 e. The van der Waals surface area contributed by atoms with E-state index in [1.807, 2.05) is 17.0 Å². The van der Waals surface area contributed by atoms with E-state index in [-0.39, 0.29) is 23.6 Å². The fourth-order valence-corrected chi connectivity index (χ4v) is 4.36. The number of nitrogens with zero attached hydrogens (tertiary/aromatic N) is 3. The van der Waals surface area contributed by atoms with Crippen molar-refractivity contribution in [3.63, 3.8) is 0 Å². The van der Waals surface area contributed by atoms with E-state index in [0.29, 0.717) is 62.9 Å². The molecule has 0 spiro atoms. The zero-order valence-electron chi connectivity index (χ0n) is 17.3. The molecule has 7 nitrogen and oxygen atoms in total. The van der Waals surface area contributed by atoms with Crippen LogP contribution in [0.25, 0.3) is 0 Å². The highest BCUT2D eigenvalue weighted by atomic mass is 35.5. The molecule has 0 bridgehead atoms. The highest BCUT2D eigenvalue weighted by molar-refractivity contribution is 6.30. The Balaban J connectivity index is 1.35. The van der Waals surface area contributed by atoms with Crippen molar-refractivity contribution in [3.05, 3.63) is 59.0 Å². The van der Waals surface area contributed by atoms with Crippen LogP contribution in [0, 0.1) is 5.92 Å². The van der Waals surface area contributed by atoms with Crippen molar-refractivity contribution in [2.45, 2.75) is 25.8 Å². The summed E-state index contributed by atoms with van der Waals surface area (Å²) in [4.78, 5) is 43.5. The first kappa shape index (κ1) is 21.4. The Morgan fingerprint density at radius 3 is 2.52 bits per heavy atom. The van der Waals surface area contributed by atoms with Gasteiger partial charge in [0.1, 0.15) is 0 Å². The van der Waals surface area contributed by atoms with E-state index < -0.39 is 0 Å². The van der Waals surface area contributed by atoms with Crippen molar-refractivity contribution < 1.29 is 18.8 Å². The third kappa shape index (κ3) is 5.10. The Kier molecular flexibility index (Phi) is 6.61. The van der Waals surface area contributed by atoms with Gasteiger partial charge in [-0.15, -0.1) is 0 Å². The topological polar surface area (TPSA) is 74.1 Å². The van der Waals surface area contributed by atoms with Gasteiger partial charge in [-0.05, 0) is 42.7 Å². The van der Waals surface area contributed by atoms with Crippen molar-refractivity contribution in [1.29, 1.82) is 0 Å². The maximum Gasteiger partial charge on any atom is 0.289 e. The average molecular weight is 444 g/mol. The Bertz CT molecular complexity index is 929. The van der Waals surface area contributed by atoms with Gasteiger partial charge in [0.2, 0.25) is 11.8 Å². The number of carbonyl (C=O) groups is 3. The Morgan fingerprint density at radius 2 is 1.77 bits per heavy atom. The second-order valence-corrected chi connectivity index (χ2v) is 8.52. The number of furan rings is 1. The quantitative estimate of drug-likeness (QED) is 0.728. The maximum absolute atomic E-state index is 13.2. The zero-order chi connectivity index (χ0) is 21.8. The van der Waals surface area contributed by atoms with E-state index in [0.717, 1.165) is 12.0 Å². The summed E-state index contributed by atoms with van der Waals surface area (Å²) in [6.07, 6.45) is 3.15. The van der Waals surface area contributed by atoms with Gasteiger partial charge in [-0.1, -0.05) is 23.7 Å². The van der Waals surface area contributed by atoms with Gasteiger partial charge in [-0.3, -0.25) is 14.4 Å². The number of likely N-dealkylation sites (tertiary alicyclic amines) is 1. The third-order valence-corrected chi connectivity index (χ3v) is 6.21. The summed E-state index contributed by atoms with van der Waals surface area (Å²) in [6.45, 7) is 3.08. The van der Waals surface area contributed by atoms with Gasteiger partial charge in [-0.2, -0.15) is 0 Å². The van der Waals surface area contributed by atoms with Crippen LogP contribution in [0.2, 0.25) is 5.02 Å². The first-order valence-electron chi connectivity index (χ1n) is 10.6. The van der Waals surface area contributed by atoms with Gasteiger partial charge < -0.3 is 19.1 Å². The summed E-state index contributed by atoms with van der Waals surface area (Å²) >= 11 is 5.95. The van der Waals surface area contributed by atoms with Crippen molar-refractivity contribution in [3.8, 4) is 0 Å². The lowest BCUT2D eigenvalue weighted by molar-refractivity contribution is -0.143. The maximum atomic E-state index is 13.2. The Hall–Kier alpha value is -2.80. The molecule has 2 aliphatic heterocycles. The minimum atomic E-state index is -0.211. The molecular formula is C23H26ClN3O4. The van der Waals surface area contributed by atoms with Gasteiger partial charge in [0.25, 0.3) is 5.91 Å². The van der Waals surface area contributed by atoms with Crippen LogP contribution in [-0.2, 0) is 16.1 Å². The summed E-state index contributed by atoms with van der Waals surface area (Å²) in [5.74, 6) is 0.114. The fraction of sp³-hybridized carbons (Fsp3) is 0.435. The van der Waals surface area contributed by atoms with Crippen LogP contribution in [0.5, 0.6) is 0 Å². The molecule has 4 rings (SSSR count). The number of amides is 3. The number of halogens is 1. The molecule has 0 N–H and O–H groups in total. The van der Waals surface area contributed by atoms with Crippen LogP contribution < -0.4 is 0 Å². The highest BCUT2D eigenvalue weighted by Gasteiger charge is 2.34. The number of piperidine rings is 1. The molecule has 1 atom stereocenters. The number of rotatable bonds is 4. The lowest BCUT2D eigenvalue weighted by Gasteiger charge is -2.34. The third-order valence-electron chi connectivity index (χ3n) is 5.96. The largest absolute Gasteiger partial charge is 0.459 e. The molecular weight excluding hydrogens is 418 g/mol. The second kappa shape index (κ2) is 9.56. The summed E-state index contributed by atoms with van der Waals surface area (Å²) in [5, 5.41) is 0.655. The van der Waals surface area contributed by atoms with Gasteiger partial charge in [0.15, 0.2) is 5.76 Å². The van der Waals surface area contributed by atoms with Crippen molar-refractivity contribution in [2.24, 2.45) is 5.92 Å². The normalized spacial score (nSPS) is 20.0. The molecule has 3 amide bonds. The molecule has 1 aromatic carbocycles. The summed E-state index contributed by atoms with van der Waals surface area (Å²) < 4.78 is 5.22. The van der Waals surface area contributed by atoms with Crippen LogP contribution in [0.15, 0.2) is 47.1 Å². The number of hydrogen-bond acceptors (Lipinski definition) is 4. The molecule has 1 unspecified atom stereocenters. The summed E-state index contributed by atoms with van der Waals surface area (Å²) in [6, 6.07) is 10.8. The standard InChI is InChI=1S/C23H26ClN3O4/c24-19-7-4-17(5-8-19)15-27-16-18(6-9-21(27)28)22(29)25-10-2-11-26(13-12-25)23(30)20-3-1-14-31-20/h1,3-5,7-8,14,18H,2,6,9-13,15-16H2. The smallest absolute Gasteiger partial charge is 0.289 e. The van der Waals surface area contributed by atoms with Crippen LogP contribution in [0.4, 0.5) is 0 Å². The molecule has 2 saturated heterocycles. The predicted molar refractivity (Wildman–Crippen MR) is 115 cm³/mol. The van der Waals surface area contributed by atoms with E-state index in [2.05, 4.69) is 0 Å². The van der Waals surface area contributed by atoms with E-state index in [1.54, 1.807) is 34.1 Å². The zero-order valence-corrected chi connectivity index (χ0v) is 18.1. The monoisotopic (exact) mass is 443 g/mol. The molecule has 2 aliphatic rings. The van der Waals surface area contributed by atoms with Crippen molar-refractivity contribution >= 4 is 29.3 Å². The van der Waals surface area contributed by atoms with E-state index in [9.17, 15) is 14.4 Å². The Morgan fingerprint density at radius 1 is 1.03 bits per heavy atom. The van der Waals surface area contributed by atoms with E-state index >= 15 is 0 Å². The lowest BCUT2D eigenvalue weighted by Crippen LogP contribution is -2.47. The average Bonchev–Trinajstić information content (AvgIpc) is 3.20. The lowest BCUT2D eigenvalue weighted by atomic mass is 9.95. The van der Waals surface area contributed by atoms with E-state index in [1.165, 1.54) is 6.26 Å². The van der Waals surface area contributed by atoms with Crippen LogP contribution >= 0.6 is 11.6 Å². The number of carbonyl (C=O) groups excluding carboxylic acids is 3. The molecule has 0 aliphatic carbocycles. The molecule has 2 fully saturated rings.